The van der Waals surface area contributed by atoms with Gasteiger partial charge in [0.1, 0.15) is 21.6 Å². The maximum atomic E-state index is 11.9. The minimum absolute atomic E-state index is 0.478. The predicted octanol–water partition coefficient (Wildman–Crippen LogP) is 2.91. The van der Waals surface area contributed by atoms with Gasteiger partial charge in [0.15, 0.2) is 11.6 Å². The maximum absolute atomic E-state index is 11.9. The summed E-state index contributed by atoms with van der Waals surface area (Å²) in [5, 5.41) is 0.996. The van der Waals surface area contributed by atoms with Gasteiger partial charge in [-0.25, -0.2) is 9.97 Å². The van der Waals surface area contributed by atoms with E-state index in [4.69, 9.17) is 20.9 Å². The fourth-order valence-corrected chi connectivity index (χ4v) is 4.47. The highest BCUT2D eigenvalue weighted by Crippen LogP contribution is 2.46. The lowest BCUT2D eigenvalue weighted by Crippen LogP contribution is -2.33. The molecule has 3 aromatic heterocycles. The van der Waals surface area contributed by atoms with E-state index in [1.807, 2.05) is 42.5 Å². The first kappa shape index (κ1) is 16.9. The van der Waals surface area contributed by atoms with Crippen molar-refractivity contribution < 1.29 is 9.21 Å². The quantitative estimate of drug-likeness (QED) is 0.517. The van der Waals surface area contributed by atoms with Gasteiger partial charge in [-0.3, -0.25) is 9.78 Å². The number of furan rings is 1. The number of fused-ring (bicyclic) bond motifs is 2. The van der Waals surface area contributed by atoms with E-state index in [0.717, 1.165) is 16.5 Å². The molecule has 0 fully saturated rings. The first-order valence-corrected chi connectivity index (χ1v) is 9.52. The third kappa shape index (κ3) is 2.65. The van der Waals surface area contributed by atoms with Gasteiger partial charge in [-0.1, -0.05) is 30.0 Å². The molecule has 1 aliphatic heterocycles. The van der Waals surface area contributed by atoms with E-state index in [-0.39, 0.29) is 0 Å². The molecule has 4 N–H and O–H groups in total. The fourth-order valence-electron chi connectivity index (χ4n) is 3.33. The first-order valence-electron chi connectivity index (χ1n) is 8.64. The molecule has 1 aliphatic rings. The Morgan fingerprint density at radius 1 is 1.14 bits per heavy atom. The van der Waals surface area contributed by atoms with E-state index in [9.17, 15) is 4.79 Å². The molecule has 0 radical (unpaired) electrons. The van der Waals surface area contributed by atoms with Crippen LogP contribution in [0.15, 0.2) is 64.3 Å². The smallest absolute Gasteiger partial charge is 0.232 e. The van der Waals surface area contributed by atoms with Crippen molar-refractivity contribution >= 4 is 28.6 Å². The van der Waals surface area contributed by atoms with Crippen molar-refractivity contribution in [3.8, 4) is 22.8 Å². The zero-order valence-corrected chi connectivity index (χ0v) is 15.4. The Morgan fingerprint density at radius 2 is 2.00 bits per heavy atom. The molecule has 4 heterocycles. The van der Waals surface area contributed by atoms with Crippen LogP contribution < -0.4 is 11.5 Å². The molecular formula is C20H15N5O2S. The van der Waals surface area contributed by atoms with Gasteiger partial charge in [0.05, 0.1) is 6.04 Å². The third-order valence-corrected chi connectivity index (χ3v) is 5.98. The molecule has 2 atom stereocenters. The van der Waals surface area contributed by atoms with Crippen LogP contribution in [0.25, 0.3) is 33.8 Å². The Kier molecular flexibility index (Phi) is 3.88. The number of aromatic nitrogens is 3. The highest BCUT2D eigenvalue weighted by atomic mass is 32.2. The second kappa shape index (κ2) is 6.43. The number of hydrogen-bond donors (Lipinski definition) is 2. The molecule has 5 rings (SSSR count). The number of carbonyl (C=O) groups excluding carboxylic acids is 1. The molecule has 0 saturated heterocycles. The van der Waals surface area contributed by atoms with Crippen molar-refractivity contribution in [3.05, 3.63) is 60.4 Å². The molecule has 8 heteroatoms. The van der Waals surface area contributed by atoms with Gasteiger partial charge in [0.25, 0.3) is 0 Å². The summed E-state index contributed by atoms with van der Waals surface area (Å²) in [4.78, 5) is 25.4. The van der Waals surface area contributed by atoms with Gasteiger partial charge in [-0.2, -0.15) is 0 Å². The number of pyridine rings is 1. The average Bonchev–Trinajstić information content (AvgIpc) is 3.29. The molecule has 0 aliphatic carbocycles. The number of amides is 1. The predicted molar refractivity (Wildman–Crippen MR) is 106 cm³/mol. The van der Waals surface area contributed by atoms with Crippen molar-refractivity contribution in [1.29, 1.82) is 0 Å². The second-order valence-corrected chi connectivity index (χ2v) is 7.60. The topological polar surface area (TPSA) is 121 Å². The van der Waals surface area contributed by atoms with Crippen LogP contribution in [0.3, 0.4) is 0 Å². The zero-order valence-electron chi connectivity index (χ0n) is 14.6. The lowest BCUT2D eigenvalue weighted by molar-refractivity contribution is -0.117. The number of hydrogen-bond acceptors (Lipinski definition) is 7. The second-order valence-electron chi connectivity index (χ2n) is 6.47. The molecule has 0 bridgehead atoms. The van der Waals surface area contributed by atoms with Gasteiger partial charge in [0, 0.05) is 28.9 Å². The highest BCUT2D eigenvalue weighted by molar-refractivity contribution is 8.01. The molecule has 0 saturated carbocycles. The van der Waals surface area contributed by atoms with Crippen molar-refractivity contribution in [3.63, 3.8) is 0 Å². The summed E-state index contributed by atoms with van der Waals surface area (Å²) >= 11 is 1.26. The largest absolute Gasteiger partial charge is 0.454 e. The van der Waals surface area contributed by atoms with Crippen molar-refractivity contribution in [2.45, 2.75) is 16.3 Å². The maximum Gasteiger partial charge on any atom is 0.232 e. The molecular weight excluding hydrogens is 374 g/mol. The molecule has 1 aromatic carbocycles. The van der Waals surface area contributed by atoms with Crippen molar-refractivity contribution in [2.75, 3.05) is 0 Å². The van der Waals surface area contributed by atoms with Crippen LogP contribution >= 0.6 is 11.8 Å². The lowest BCUT2D eigenvalue weighted by Gasteiger charge is -2.13. The monoisotopic (exact) mass is 389 g/mol. The summed E-state index contributed by atoms with van der Waals surface area (Å²) in [6.07, 6.45) is 3.38. The molecule has 1 amide bonds. The van der Waals surface area contributed by atoms with Crippen molar-refractivity contribution in [1.82, 2.24) is 15.0 Å². The van der Waals surface area contributed by atoms with Crippen LogP contribution in [-0.4, -0.2) is 26.1 Å². The minimum Gasteiger partial charge on any atom is -0.454 e. The number of nitrogens with zero attached hydrogens (tertiary/aromatic N) is 3. The molecule has 4 aromatic rings. The van der Waals surface area contributed by atoms with Gasteiger partial charge >= 0.3 is 0 Å². The zero-order chi connectivity index (χ0) is 19.3. The summed E-state index contributed by atoms with van der Waals surface area (Å²) < 4.78 is 6.03. The average molecular weight is 389 g/mol. The van der Waals surface area contributed by atoms with E-state index < -0.39 is 17.2 Å². The van der Waals surface area contributed by atoms with E-state index in [1.54, 1.807) is 12.4 Å². The van der Waals surface area contributed by atoms with E-state index >= 15 is 0 Å². The molecule has 2 unspecified atom stereocenters. The molecule has 7 nitrogen and oxygen atoms in total. The Balaban J connectivity index is 1.75. The highest BCUT2D eigenvalue weighted by Gasteiger charge is 2.39. The van der Waals surface area contributed by atoms with Crippen LogP contribution in [0.1, 0.15) is 11.6 Å². The van der Waals surface area contributed by atoms with Gasteiger partial charge in [-0.05, 0) is 24.3 Å². The Labute approximate surface area is 164 Å². The third-order valence-electron chi connectivity index (χ3n) is 4.67. The summed E-state index contributed by atoms with van der Waals surface area (Å²) in [5.41, 5.74) is 14.7. The number of para-hydroxylation sites is 1. The minimum atomic E-state index is -0.608. The van der Waals surface area contributed by atoms with E-state index in [0.29, 0.717) is 27.9 Å². The van der Waals surface area contributed by atoms with E-state index in [1.165, 1.54) is 11.8 Å². The number of nitrogens with two attached hydrogens (primary N) is 2. The first-order chi connectivity index (χ1) is 13.6. The molecule has 28 heavy (non-hydrogen) atoms. The number of carbonyl (C=O) groups is 1. The molecule has 138 valence electrons. The number of thioether (sulfide) groups is 1. The normalized spacial score (nSPS) is 18.3. The fraction of sp³-hybridized carbons (Fsp3) is 0.100. The van der Waals surface area contributed by atoms with Gasteiger partial charge in [-0.15, -0.1) is 0 Å². The summed E-state index contributed by atoms with van der Waals surface area (Å²) in [6, 6.07) is 12.7. The Bertz CT molecular complexity index is 1170. The van der Waals surface area contributed by atoms with Crippen LogP contribution in [-0.2, 0) is 4.79 Å². The lowest BCUT2D eigenvalue weighted by atomic mass is 10.0. The molecule has 0 spiro atoms. The van der Waals surface area contributed by atoms with Gasteiger partial charge in [0.2, 0.25) is 5.91 Å². The van der Waals surface area contributed by atoms with Crippen LogP contribution in [0.4, 0.5) is 0 Å². The van der Waals surface area contributed by atoms with Gasteiger partial charge < -0.3 is 15.9 Å². The summed E-state index contributed by atoms with van der Waals surface area (Å²) in [7, 11) is 0. The Morgan fingerprint density at radius 3 is 2.75 bits per heavy atom. The van der Waals surface area contributed by atoms with Crippen LogP contribution in [0.5, 0.6) is 0 Å². The summed E-state index contributed by atoms with van der Waals surface area (Å²) in [6.45, 7) is 0. The summed E-state index contributed by atoms with van der Waals surface area (Å²) in [5.74, 6) is 0.590. The standard InChI is InChI=1S/C20H15N5O2S/c21-15-14-16(13-8-10-4-1-2-6-12(10)27-13)24-19(11-5-3-7-23-9-11)25-20(14)28-17(15)18(22)26/h1-9,15,17H,21H2,(H2,22,26). The van der Waals surface area contributed by atoms with Crippen LogP contribution in [0.2, 0.25) is 0 Å². The number of rotatable bonds is 3. The Hall–Kier alpha value is -3.23. The number of benzene rings is 1. The SMILES string of the molecule is NC(=O)C1Sc2nc(-c3cccnc3)nc(-c3cc4ccccc4o3)c2C1N. The van der Waals surface area contributed by atoms with Crippen LogP contribution in [0, 0.1) is 0 Å². The van der Waals surface area contributed by atoms with Crippen molar-refractivity contribution in [2.24, 2.45) is 11.5 Å². The number of primary amides is 1. The van der Waals surface area contributed by atoms with E-state index in [2.05, 4.69) is 9.97 Å².